The lowest BCUT2D eigenvalue weighted by Gasteiger charge is -2.37. The van der Waals surface area contributed by atoms with Crippen LogP contribution in [0, 0.1) is 5.92 Å². The molecule has 1 atom stereocenters. The van der Waals surface area contributed by atoms with E-state index >= 15 is 0 Å². The van der Waals surface area contributed by atoms with E-state index in [0.29, 0.717) is 19.4 Å². The van der Waals surface area contributed by atoms with Crippen LogP contribution >= 0.6 is 0 Å². The highest BCUT2D eigenvalue weighted by atomic mass is 32.2. The topological polar surface area (TPSA) is 57.6 Å². The van der Waals surface area contributed by atoms with Gasteiger partial charge in [-0.05, 0) is 18.8 Å². The van der Waals surface area contributed by atoms with Crippen LogP contribution in [0.5, 0.6) is 0 Å². The van der Waals surface area contributed by atoms with Gasteiger partial charge in [0.05, 0.1) is 17.9 Å². The number of hydrogen-bond acceptors (Lipinski definition) is 3. The molecule has 15 heavy (non-hydrogen) atoms. The van der Waals surface area contributed by atoms with Crippen molar-refractivity contribution in [2.45, 2.75) is 39.2 Å². The molecule has 0 amide bonds. The maximum Gasteiger partial charge on any atom is 0.215 e. The predicted octanol–water partition coefficient (Wildman–Crippen LogP) is 0.819. The third-order valence-electron chi connectivity index (χ3n) is 3.45. The number of aliphatic hydroxyl groups excluding tert-OH is 1. The first-order valence-electron chi connectivity index (χ1n) is 5.53. The smallest absolute Gasteiger partial charge is 0.215 e. The molecule has 1 N–H and O–H groups in total. The zero-order valence-corrected chi connectivity index (χ0v) is 10.5. The van der Waals surface area contributed by atoms with Crippen LogP contribution in [0.15, 0.2) is 0 Å². The number of rotatable bonds is 4. The fraction of sp³-hybridized carbons (Fsp3) is 1.00. The zero-order valence-electron chi connectivity index (χ0n) is 9.73. The van der Waals surface area contributed by atoms with Crippen LogP contribution in [0.1, 0.15) is 33.6 Å². The summed E-state index contributed by atoms with van der Waals surface area (Å²) in [5.41, 5.74) is -0.580. The maximum atomic E-state index is 11.9. The van der Waals surface area contributed by atoms with Gasteiger partial charge in [0.1, 0.15) is 0 Å². The van der Waals surface area contributed by atoms with Gasteiger partial charge in [-0.1, -0.05) is 20.8 Å². The molecule has 0 spiro atoms. The van der Waals surface area contributed by atoms with Crippen molar-refractivity contribution in [2.75, 3.05) is 18.9 Å². The van der Waals surface area contributed by atoms with Gasteiger partial charge in [0, 0.05) is 6.54 Å². The van der Waals surface area contributed by atoms with Gasteiger partial charge in [-0.3, -0.25) is 0 Å². The van der Waals surface area contributed by atoms with Gasteiger partial charge in [-0.15, -0.1) is 0 Å². The summed E-state index contributed by atoms with van der Waals surface area (Å²) < 4.78 is 25.3. The maximum absolute atomic E-state index is 11.9. The van der Waals surface area contributed by atoms with E-state index in [0.717, 1.165) is 0 Å². The summed E-state index contributed by atoms with van der Waals surface area (Å²) in [6.45, 7) is 6.25. The Bertz CT molecular complexity index is 300. The molecule has 0 saturated carbocycles. The second-order valence-corrected chi connectivity index (χ2v) is 6.44. The Morgan fingerprint density at radius 3 is 2.20 bits per heavy atom. The molecule has 5 heteroatoms. The Morgan fingerprint density at radius 2 is 1.93 bits per heavy atom. The number of nitrogens with zero attached hydrogens (tertiary/aromatic N) is 1. The molecule has 1 aliphatic rings. The molecule has 1 aliphatic heterocycles. The third-order valence-corrected chi connectivity index (χ3v) is 5.65. The number of sulfonamides is 1. The Balaban J connectivity index is 3.04. The Kier molecular flexibility index (Phi) is 3.79. The minimum atomic E-state index is -3.16. The molecular formula is C10H21NO3S. The highest BCUT2D eigenvalue weighted by molar-refractivity contribution is 7.89. The summed E-state index contributed by atoms with van der Waals surface area (Å²) in [4.78, 5) is 0. The highest BCUT2D eigenvalue weighted by Gasteiger charge is 2.45. The number of aliphatic hydroxyl groups is 1. The average Bonchev–Trinajstić information content (AvgIpc) is 2.45. The third kappa shape index (κ3) is 2.19. The van der Waals surface area contributed by atoms with Crippen molar-refractivity contribution in [1.29, 1.82) is 0 Å². The van der Waals surface area contributed by atoms with E-state index in [2.05, 4.69) is 0 Å². The summed E-state index contributed by atoms with van der Waals surface area (Å²) in [5.74, 6) is 0.383. The van der Waals surface area contributed by atoms with Gasteiger partial charge in [-0.25, -0.2) is 8.42 Å². The minimum absolute atomic E-state index is 0.0913. The molecule has 1 unspecified atom stereocenters. The molecule has 90 valence electrons. The van der Waals surface area contributed by atoms with Gasteiger partial charge < -0.3 is 5.11 Å². The van der Waals surface area contributed by atoms with Crippen LogP contribution in [0.2, 0.25) is 0 Å². The van der Waals surface area contributed by atoms with E-state index in [9.17, 15) is 13.5 Å². The van der Waals surface area contributed by atoms with E-state index in [4.69, 9.17) is 0 Å². The molecule has 0 aromatic rings. The summed E-state index contributed by atoms with van der Waals surface area (Å²) in [7, 11) is -3.16. The van der Waals surface area contributed by atoms with Crippen molar-refractivity contribution in [2.24, 2.45) is 5.92 Å². The summed E-state index contributed by atoms with van der Waals surface area (Å²) in [5, 5.41) is 9.45. The van der Waals surface area contributed by atoms with Crippen molar-refractivity contribution in [3.05, 3.63) is 0 Å². The van der Waals surface area contributed by atoms with E-state index in [-0.39, 0.29) is 18.3 Å². The van der Waals surface area contributed by atoms with E-state index < -0.39 is 15.6 Å². The largest absolute Gasteiger partial charge is 0.394 e. The zero-order chi connectivity index (χ0) is 11.7. The Labute approximate surface area is 92.3 Å². The first kappa shape index (κ1) is 12.9. The van der Waals surface area contributed by atoms with Crippen molar-refractivity contribution >= 4 is 10.0 Å². The van der Waals surface area contributed by atoms with Gasteiger partial charge in [0.15, 0.2) is 0 Å². The van der Waals surface area contributed by atoms with Crippen LogP contribution in [0.25, 0.3) is 0 Å². The Morgan fingerprint density at radius 1 is 1.40 bits per heavy atom. The van der Waals surface area contributed by atoms with Crippen LogP contribution in [-0.4, -0.2) is 42.3 Å². The van der Waals surface area contributed by atoms with Crippen molar-refractivity contribution in [3.8, 4) is 0 Å². The number of hydrogen-bond donors (Lipinski definition) is 1. The SMILES string of the molecule is CCC(CC)(CO)N1CC(C)CS1(=O)=O. The molecule has 0 radical (unpaired) electrons. The fourth-order valence-electron chi connectivity index (χ4n) is 2.29. The first-order chi connectivity index (χ1) is 6.91. The van der Waals surface area contributed by atoms with Crippen molar-refractivity contribution in [3.63, 3.8) is 0 Å². The molecular weight excluding hydrogens is 214 g/mol. The fourth-order valence-corrected chi connectivity index (χ4v) is 4.68. The van der Waals surface area contributed by atoms with Crippen LogP contribution in [0.4, 0.5) is 0 Å². The molecule has 0 aromatic carbocycles. The molecule has 1 fully saturated rings. The van der Waals surface area contributed by atoms with Crippen LogP contribution in [0.3, 0.4) is 0 Å². The molecule has 1 saturated heterocycles. The molecule has 4 nitrogen and oxygen atoms in total. The normalized spacial score (nSPS) is 27.1. The molecule has 0 aliphatic carbocycles. The highest BCUT2D eigenvalue weighted by Crippen LogP contribution is 2.32. The second kappa shape index (κ2) is 4.39. The second-order valence-electron chi connectivity index (χ2n) is 4.50. The van der Waals surface area contributed by atoms with E-state index in [1.54, 1.807) is 0 Å². The van der Waals surface area contributed by atoms with Crippen molar-refractivity contribution in [1.82, 2.24) is 4.31 Å². The monoisotopic (exact) mass is 235 g/mol. The van der Waals surface area contributed by atoms with Gasteiger partial charge in [-0.2, -0.15) is 4.31 Å². The summed E-state index contributed by atoms with van der Waals surface area (Å²) in [6, 6.07) is 0. The lowest BCUT2D eigenvalue weighted by Crippen LogP contribution is -2.51. The quantitative estimate of drug-likeness (QED) is 0.785. The summed E-state index contributed by atoms with van der Waals surface area (Å²) >= 11 is 0. The average molecular weight is 235 g/mol. The van der Waals surface area contributed by atoms with Crippen LogP contribution < -0.4 is 0 Å². The van der Waals surface area contributed by atoms with Gasteiger partial charge in [0.2, 0.25) is 10.0 Å². The Hall–Kier alpha value is -0.130. The molecule has 0 aromatic heterocycles. The molecule has 1 heterocycles. The summed E-state index contributed by atoms with van der Waals surface area (Å²) in [6.07, 6.45) is 1.32. The predicted molar refractivity (Wildman–Crippen MR) is 60.1 cm³/mol. The van der Waals surface area contributed by atoms with Gasteiger partial charge >= 0.3 is 0 Å². The van der Waals surface area contributed by atoms with E-state index in [1.165, 1.54) is 4.31 Å². The van der Waals surface area contributed by atoms with Crippen LogP contribution in [-0.2, 0) is 10.0 Å². The standard InChI is InChI=1S/C10H21NO3S/c1-4-10(5-2,8-12)11-6-9(3)7-15(11,13)14/h9,12H,4-8H2,1-3H3. The van der Waals surface area contributed by atoms with Crippen molar-refractivity contribution < 1.29 is 13.5 Å². The lowest BCUT2D eigenvalue weighted by atomic mass is 9.93. The lowest BCUT2D eigenvalue weighted by molar-refractivity contribution is 0.0839. The minimum Gasteiger partial charge on any atom is -0.394 e. The first-order valence-corrected chi connectivity index (χ1v) is 7.14. The molecule has 1 rings (SSSR count). The van der Waals surface area contributed by atoms with E-state index in [1.807, 2.05) is 20.8 Å². The van der Waals surface area contributed by atoms with Gasteiger partial charge in [0.25, 0.3) is 0 Å². The molecule has 0 bridgehead atoms.